The lowest BCUT2D eigenvalue weighted by Gasteiger charge is -2.19. The van der Waals surface area contributed by atoms with E-state index in [-0.39, 0.29) is 38.6 Å². The molecule has 0 aromatic rings. The molecular weight excluding hydrogens is 1230 g/mol. The van der Waals surface area contributed by atoms with Crippen LogP contribution in [-0.4, -0.2) is 49.3 Å². The molecule has 2 unspecified atom stereocenters. The number of nitrogens with two attached hydrogens (primary N) is 1. The fourth-order valence-electron chi connectivity index (χ4n) is 12.0. The van der Waals surface area contributed by atoms with Crippen LogP contribution in [0.25, 0.3) is 0 Å². The summed E-state index contributed by atoms with van der Waals surface area (Å²) in [5.74, 6) is -0.827. The molecule has 0 aliphatic heterocycles. The summed E-state index contributed by atoms with van der Waals surface area (Å²) in [6.07, 6.45) is 116. The Kier molecular flexibility index (Phi) is 79.3. The Morgan fingerprint density at radius 2 is 0.561 bits per heavy atom. The molecule has 10 heteroatoms. The molecule has 0 radical (unpaired) electrons. The third-order valence-corrected chi connectivity index (χ3v) is 19.1. The summed E-state index contributed by atoms with van der Waals surface area (Å²) in [5.41, 5.74) is 5.42. The molecule has 0 aliphatic rings. The molecule has 3 N–H and O–H groups in total. The van der Waals surface area contributed by atoms with E-state index in [9.17, 15) is 19.0 Å². The third-order valence-electron chi connectivity index (χ3n) is 18.1. The van der Waals surface area contributed by atoms with Gasteiger partial charge in [0.1, 0.15) is 6.61 Å². The number of hydrogen-bond acceptors (Lipinski definition) is 8. The number of hydrogen-bond donors (Lipinski definition) is 2. The van der Waals surface area contributed by atoms with E-state index in [0.717, 1.165) is 109 Å². The van der Waals surface area contributed by atoms with Gasteiger partial charge in [-0.3, -0.25) is 18.6 Å². The molecule has 0 heterocycles. The third kappa shape index (κ3) is 81.4. The van der Waals surface area contributed by atoms with Gasteiger partial charge in [0.15, 0.2) is 6.10 Å². The first-order valence-corrected chi connectivity index (χ1v) is 43.0. The number of esters is 2. The maximum absolute atomic E-state index is 12.8. The molecule has 2 atom stereocenters. The minimum absolute atomic E-state index is 0.0483. The quantitative estimate of drug-likeness (QED) is 0.0264. The van der Waals surface area contributed by atoms with E-state index < -0.39 is 26.5 Å². The normalized spacial score (nSPS) is 13.5. The van der Waals surface area contributed by atoms with Crippen molar-refractivity contribution in [2.24, 2.45) is 5.73 Å². The van der Waals surface area contributed by atoms with Crippen LogP contribution in [0.2, 0.25) is 0 Å². The van der Waals surface area contributed by atoms with Crippen molar-refractivity contribution in [1.82, 2.24) is 0 Å². The molecule has 566 valence electrons. The van der Waals surface area contributed by atoms with Crippen molar-refractivity contribution >= 4 is 19.8 Å². The Morgan fingerprint density at radius 1 is 0.316 bits per heavy atom. The summed E-state index contributed by atoms with van der Waals surface area (Å²) in [6.45, 7) is 3.67. The highest BCUT2D eigenvalue weighted by atomic mass is 31.2. The lowest BCUT2D eigenvalue weighted by Crippen LogP contribution is -2.29. The number of unbranched alkanes of at least 4 members (excludes halogenated alkanes) is 45. The molecule has 98 heavy (non-hydrogen) atoms. The lowest BCUT2D eigenvalue weighted by atomic mass is 10.0. The Morgan fingerprint density at radius 3 is 0.837 bits per heavy atom. The van der Waals surface area contributed by atoms with Gasteiger partial charge in [0.05, 0.1) is 13.2 Å². The van der Waals surface area contributed by atoms with E-state index in [4.69, 9.17) is 24.3 Å². The van der Waals surface area contributed by atoms with Crippen LogP contribution in [0, 0.1) is 0 Å². The maximum Gasteiger partial charge on any atom is 0.472 e. The van der Waals surface area contributed by atoms with E-state index in [0.29, 0.717) is 6.42 Å². The van der Waals surface area contributed by atoms with Crippen molar-refractivity contribution in [3.63, 3.8) is 0 Å². The lowest BCUT2D eigenvalue weighted by molar-refractivity contribution is -0.161. The Bertz CT molecular complexity index is 2030. The number of carbonyl (C=O) groups excluding carboxylic acids is 2. The number of ether oxygens (including phenoxy) is 2. The van der Waals surface area contributed by atoms with Crippen molar-refractivity contribution < 1.29 is 37.6 Å². The van der Waals surface area contributed by atoms with Gasteiger partial charge in [0.25, 0.3) is 0 Å². The number of phosphoric ester groups is 1. The second-order valence-corrected chi connectivity index (χ2v) is 29.1. The first kappa shape index (κ1) is 94.4. The number of allylic oxidation sites excluding steroid dienone is 20. The van der Waals surface area contributed by atoms with E-state index in [1.807, 2.05) is 0 Å². The standard InChI is InChI=1S/C88H156NO8P/c1-3-5-7-9-11-13-15-17-19-21-23-25-27-29-31-33-35-37-39-41-43-45-47-49-51-53-55-57-59-61-63-65-67-69-71-73-75-77-79-81-88(91)97-86(85-96-98(92,93)95-83-82-89)84-94-87(90)80-78-76-74-72-70-68-66-64-62-60-58-56-54-52-50-48-46-44-42-40-38-36-34-32-30-28-26-24-22-20-18-16-14-12-10-8-6-4-2/h5,7,11,13,17,19,23,25,29,31,35,37,41,43,47,49,53,55,59,61,86H,3-4,6,8-10,12,14-16,18,20-22,24,26-28,30,32-34,36,38-40,42,44-46,48,50-52,54,56-58,60,62-85,89H2,1-2H3,(H,92,93)/b7-5-,13-11-,19-17-,25-23-,31-29-,37-35-,43-41-,49-47-,55-53-,61-59-. The van der Waals surface area contributed by atoms with Crippen molar-refractivity contribution in [1.29, 1.82) is 0 Å². The SMILES string of the molecule is CC/C=C\C/C=C\C/C=C\C/C=C\C/C=C\C/C=C\C/C=C\C/C=C\C/C=C\C/C=C\CCCCCCCCCCC(=O)OC(COC(=O)CCCCCCCCCCCCCCCCCCCCCCCCCCCCCCCCCCCCCCCC)COP(=O)(O)OCCN. The molecule has 0 saturated heterocycles. The zero-order valence-electron chi connectivity index (χ0n) is 64.0. The van der Waals surface area contributed by atoms with Gasteiger partial charge >= 0.3 is 19.8 Å². The molecule has 0 aliphatic carbocycles. The highest BCUT2D eigenvalue weighted by Crippen LogP contribution is 2.43. The zero-order valence-corrected chi connectivity index (χ0v) is 64.9. The van der Waals surface area contributed by atoms with Crippen molar-refractivity contribution in [2.75, 3.05) is 26.4 Å². The molecule has 0 aromatic heterocycles. The first-order valence-electron chi connectivity index (χ1n) is 41.5. The average molecular weight is 1390 g/mol. The molecule has 0 fully saturated rings. The molecule has 0 spiro atoms. The van der Waals surface area contributed by atoms with Crippen LogP contribution in [0.15, 0.2) is 122 Å². The second kappa shape index (κ2) is 82.4. The second-order valence-electron chi connectivity index (χ2n) is 27.6. The summed E-state index contributed by atoms with van der Waals surface area (Å²) < 4.78 is 33.3. The summed E-state index contributed by atoms with van der Waals surface area (Å²) in [4.78, 5) is 35.5. The molecular formula is C88H156NO8P. The van der Waals surface area contributed by atoms with Crippen LogP contribution in [0.4, 0.5) is 0 Å². The molecule has 9 nitrogen and oxygen atoms in total. The summed E-state index contributed by atoms with van der Waals surface area (Å²) in [6, 6.07) is 0. The summed E-state index contributed by atoms with van der Waals surface area (Å²) >= 11 is 0. The van der Waals surface area contributed by atoms with Crippen molar-refractivity contribution in [2.45, 2.75) is 399 Å². The average Bonchev–Trinajstić information content (AvgIpc) is 1.28. The fraction of sp³-hybridized carbons (Fsp3) is 0.750. The number of phosphoric acid groups is 1. The van der Waals surface area contributed by atoms with E-state index in [1.54, 1.807) is 0 Å². The van der Waals surface area contributed by atoms with Gasteiger partial charge in [-0.15, -0.1) is 0 Å². The fourth-order valence-corrected chi connectivity index (χ4v) is 12.8. The minimum atomic E-state index is -4.41. The largest absolute Gasteiger partial charge is 0.472 e. The van der Waals surface area contributed by atoms with Crippen LogP contribution in [0.5, 0.6) is 0 Å². The first-order chi connectivity index (χ1) is 48.3. The highest BCUT2D eigenvalue weighted by Gasteiger charge is 2.26. The van der Waals surface area contributed by atoms with Crippen LogP contribution < -0.4 is 5.73 Å². The van der Waals surface area contributed by atoms with E-state index in [2.05, 4.69) is 135 Å². The van der Waals surface area contributed by atoms with E-state index in [1.165, 1.54) is 250 Å². The highest BCUT2D eigenvalue weighted by molar-refractivity contribution is 7.47. The minimum Gasteiger partial charge on any atom is -0.462 e. The van der Waals surface area contributed by atoms with Gasteiger partial charge in [-0.2, -0.15) is 0 Å². The van der Waals surface area contributed by atoms with Crippen molar-refractivity contribution in [3.05, 3.63) is 122 Å². The van der Waals surface area contributed by atoms with Gasteiger partial charge in [0, 0.05) is 19.4 Å². The van der Waals surface area contributed by atoms with Crippen LogP contribution >= 0.6 is 7.82 Å². The predicted molar refractivity (Wildman–Crippen MR) is 427 cm³/mol. The summed E-state index contributed by atoms with van der Waals surface area (Å²) in [7, 11) is -4.41. The van der Waals surface area contributed by atoms with E-state index >= 15 is 0 Å². The topological polar surface area (TPSA) is 134 Å². The van der Waals surface area contributed by atoms with Gasteiger partial charge in [-0.05, 0) is 89.9 Å². The maximum atomic E-state index is 12.8. The predicted octanol–water partition coefficient (Wildman–Crippen LogP) is 28.2. The summed E-state index contributed by atoms with van der Waals surface area (Å²) in [5, 5.41) is 0. The Labute approximate surface area is 606 Å². The van der Waals surface area contributed by atoms with Crippen LogP contribution in [0.1, 0.15) is 393 Å². The van der Waals surface area contributed by atoms with Crippen LogP contribution in [-0.2, 0) is 32.7 Å². The van der Waals surface area contributed by atoms with Gasteiger partial charge in [-0.25, -0.2) is 4.57 Å². The van der Waals surface area contributed by atoms with Gasteiger partial charge < -0.3 is 20.1 Å². The zero-order chi connectivity index (χ0) is 70.8. The molecule has 0 bridgehead atoms. The smallest absolute Gasteiger partial charge is 0.462 e. The molecule has 0 amide bonds. The molecule has 0 rings (SSSR count). The molecule has 0 saturated carbocycles. The van der Waals surface area contributed by atoms with Gasteiger partial charge in [0.2, 0.25) is 0 Å². The molecule has 0 aromatic carbocycles. The monoisotopic (exact) mass is 1390 g/mol. The van der Waals surface area contributed by atoms with Crippen molar-refractivity contribution in [3.8, 4) is 0 Å². The number of carbonyl (C=O) groups is 2. The Hall–Kier alpha value is -3.59. The number of rotatable bonds is 78. The Balaban J connectivity index is 3.84. The van der Waals surface area contributed by atoms with Crippen LogP contribution in [0.3, 0.4) is 0 Å². The van der Waals surface area contributed by atoms with Gasteiger partial charge in [-0.1, -0.05) is 411 Å².